The fourth-order valence-electron chi connectivity index (χ4n) is 1.30. The van der Waals surface area contributed by atoms with Gasteiger partial charge < -0.3 is 10.2 Å². The summed E-state index contributed by atoms with van der Waals surface area (Å²) < 4.78 is 87.8. The molecular weight excluding hydrogens is 374 g/mol. The molecule has 6 N–H and O–H groups in total. The third-order valence-electron chi connectivity index (χ3n) is 2.07. The largest absolute Gasteiger partial charge is 0.397 e. The summed E-state index contributed by atoms with van der Waals surface area (Å²) in [6.45, 7) is -1.96. The highest BCUT2D eigenvalue weighted by Gasteiger charge is 2.30. The van der Waals surface area contributed by atoms with Crippen LogP contribution in [0.3, 0.4) is 0 Å². The van der Waals surface area contributed by atoms with Gasteiger partial charge in [-0.15, -0.1) is 0 Å². The van der Waals surface area contributed by atoms with E-state index < -0.39 is 69.9 Å². The summed E-state index contributed by atoms with van der Waals surface area (Å²) in [5.74, 6) is 0. The highest BCUT2D eigenvalue weighted by Crippen LogP contribution is 2.11. The lowest BCUT2D eigenvalue weighted by atomic mass is 10.1. The highest BCUT2D eigenvalue weighted by atomic mass is 32.3. The molecule has 0 amide bonds. The smallest absolute Gasteiger partial charge is 0.395 e. The van der Waals surface area contributed by atoms with Crippen molar-refractivity contribution in [2.45, 2.75) is 24.7 Å². The van der Waals surface area contributed by atoms with Crippen molar-refractivity contribution >= 4 is 32.1 Å². The maximum absolute atomic E-state index is 10.7. The van der Waals surface area contributed by atoms with Crippen LogP contribution in [0.1, 0.15) is 6.42 Å². The molecule has 0 aromatic rings. The van der Waals surface area contributed by atoms with Gasteiger partial charge in [-0.05, 0) is 0 Å². The molecule has 0 aliphatic rings. The van der Waals surface area contributed by atoms with Crippen LogP contribution in [0, 0.1) is 0 Å². The monoisotopic (exact) mass is 389 g/mol. The molecule has 4 atom stereocenters. The summed E-state index contributed by atoms with van der Waals surface area (Å²) in [7, 11) is -9.65. The maximum atomic E-state index is 10.7. The number of aliphatic hydroxyl groups excluding tert-OH is 2. The molecule has 0 fully saturated rings. The zero-order valence-corrected chi connectivity index (χ0v) is 13.1. The first kappa shape index (κ1) is 21.7. The van der Waals surface area contributed by atoms with Gasteiger partial charge in [-0.3, -0.25) is 17.8 Å². The quantitative estimate of drug-likeness (QED) is 0.152. The van der Waals surface area contributed by atoms with E-state index >= 15 is 0 Å². The molecule has 0 radical (unpaired) electrons. The van der Waals surface area contributed by atoms with Gasteiger partial charge in [-0.25, -0.2) is 4.18 Å². The Morgan fingerprint density at radius 1 is 1.18 bits per heavy atom. The van der Waals surface area contributed by atoms with Gasteiger partial charge in [0.2, 0.25) is 0 Å². The Hall–Kier alpha value is -0.270. The minimum absolute atomic E-state index is 0.685. The summed E-state index contributed by atoms with van der Waals surface area (Å²) >= 11 is -2.93. The minimum atomic E-state index is -4.84. The Labute approximate surface area is 128 Å². The minimum Gasteiger partial charge on any atom is -0.395 e. The number of nitrogens with one attached hydrogen (secondary N) is 1. The number of hydrogen-bond donors (Lipinski definition) is 6. The predicted octanol–water partition coefficient (Wildman–Crippen LogP) is -3.17. The molecule has 0 aromatic carbocycles. The second kappa shape index (κ2) is 9.13. The first-order chi connectivity index (χ1) is 9.84. The second-order valence-corrected chi connectivity index (χ2v) is 6.74. The van der Waals surface area contributed by atoms with Crippen molar-refractivity contribution in [2.75, 3.05) is 13.2 Å². The Morgan fingerprint density at radius 2 is 1.73 bits per heavy atom. The Morgan fingerprint density at radius 3 is 2.09 bits per heavy atom. The van der Waals surface area contributed by atoms with Gasteiger partial charge in [0.25, 0.3) is 0 Å². The molecular formula is C6H15NO12S3. The summed E-state index contributed by atoms with van der Waals surface area (Å²) in [5, 5.41) is 18.5. The third-order valence-corrected chi connectivity index (χ3v) is 3.51. The van der Waals surface area contributed by atoms with Crippen LogP contribution in [-0.4, -0.2) is 76.4 Å². The van der Waals surface area contributed by atoms with E-state index in [4.69, 9.17) is 18.8 Å². The number of hydrogen-bond acceptors (Lipinski definition) is 9. The van der Waals surface area contributed by atoms with E-state index in [2.05, 4.69) is 8.37 Å². The van der Waals surface area contributed by atoms with Crippen molar-refractivity contribution in [1.29, 1.82) is 0 Å². The molecule has 0 aliphatic carbocycles. The summed E-state index contributed by atoms with van der Waals surface area (Å²) in [6, 6.07) is -1.63. The van der Waals surface area contributed by atoms with E-state index in [-0.39, 0.29) is 0 Å². The van der Waals surface area contributed by atoms with E-state index in [1.807, 2.05) is 0 Å². The highest BCUT2D eigenvalue weighted by molar-refractivity contribution is 7.83. The van der Waals surface area contributed by atoms with Crippen LogP contribution >= 0.6 is 0 Å². The maximum Gasteiger partial charge on any atom is 0.397 e. The molecule has 0 bridgehead atoms. The molecule has 0 heterocycles. The third kappa shape index (κ3) is 11.3. The Bertz CT molecular complexity index is 557. The average Bonchev–Trinajstić information content (AvgIpc) is 2.30. The number of aliphatic hydroxyl groups is 2. The lowest BCUT2D eigenvalue weighted by Gasteiger charge is -2.25. The molecule has 16 heteroatoms. The zero-order chi connectivity index (χ0) is 17.6. The first-order valence-corrected chi connectivity index (χ1v) is 9.11. The van der Waals surface area contributed by atoms with E-state index in [1.165, 1.54) is 4.72 Å². The molecule has 0 rings (SSSR count). The lowest BCUT2D eigenvalue weighted by Crippen LogP contribution is -2.48. The topological polar surface area (TPSA) is 217 Å². The van der Waals surface area contributed by atoms with Crippen LogP contribution in [0.25, 0.3) is 0 Å². The van der Waals surface area contributed by atoms with Crippen molar-refractivity contribution in [2.24, 2.45) is 0 Å². The number of rotatable bonds is 11. The molecule has 0 saturated heterocycles. The van der Waals surface area contributed by atoms with E-state index in [1.54, 1.807) is 0 Å². The van der Waals surface area contributed by atoms with Crippen LogP contribution in [0.15, 0.2) is 0 Å². The average molecular weight is 389 g/mol. The zero-order valence-electron chi connectivity index (χ0n) is 10.7. The van der Waals surface area contributed by atoms with Gasteiger partial charge in [0.05, 0.1) is 31.5 Å². The molecule has 134 valence electrons. The van der Waals surface area contributed by atoms with Crippen molar-refractivity contribution in [3.63, 3.8) is 0 Å². The predicted molar refractivity (Wildman–Crippen MR) is 69.3 cm³/mol. The van der Waals surface area contributed by atoms with E-state index in [0.717, 1.165) is 0 Å². The van der Waals surface area contributed by atoms with Crippen molar-refractivity contribution in [3.8, 4) is 0 Å². The van der Waals surface area contributed by atoms with Crippen molar-refractivity contribution in [3.05, 3.63) is 0 Å². The first-order valence-electron chi connectivity index (χ1n) is 5.27. The van der Waals surface area contributed by atoms with Crippen LogP contribution in [0.4, 0.5) is 0 Å². The molecule has 0 aliphatic heterocycles. The van der Waals surface area contributed by atoms with Crippen molar-refractivity contribution in [1.82, 2.24) is 4.72 Å². The molecule has 0 saturated carbocycles. The van der Waals surface area contributed by atoms with Gasteiger partial charge in [0.15, 0.2) is 0 Å². The molecule has 3 unspecified atom stereocenters. The van der Waals surface area contributed by atoms with Gasteiger partial charge in [-0.2, -0.15) is 25.8 Å². The van der Waals surface area contributed by atoms with E-state index in [0.29, 0.717) is 0 Å². The molecule has 0 spiro atoms. The van der Waals surface area contributed by atoms with Crippen LogP contribution < -0.4 is 4.72 Å². The van der Waals surface area contributed by atoms with Gasteiger partial charge in [-0.1, -0.05) is 0 Å². The standard InChI is InChI=1S/C6H15NO12S3/c8-2-5(7-21(12,13)14)6(19-20(10)11)1-4(9)3-18-22(15,16)17/h4-9H,1-3H2,(H,10,11)(H,12,13,14)(H,15,16,17)/t4?,5-,6?/m1/s1. The molecule has 13 nitrogen and oxygen atoms in total. The van der Waals surface area contributed by atoms with Crippen LogP contribution in [0.5, 0.6) is 0 Å². The molecule has 0 aromatic heterocycles. The fourth-order valence-corrected chi connectivity index (χ4v) is 2.66. The van der Waals surface area contributed by atoms with Crippen LogP contribution in [0.2, 0.25) is 0 Å². The normalized spacial score (nSPS) is 18.6. The van der Waals surface area contributed by atoms with Gasteiger partial charge >= 0.3 is 32.1 Å². The fraction of sp³-hybridized carbons (Fsp3) is 1.00. The van der Waals surface area contributed by atoms with Gasteiger partial charge in [0.1, 0.15) is 0 Å². The Balaban J connectivity index is 4.91. The second-order valence-electron chi connectivity index (χ2n) is 3.84. The van der Waals surface area contributed by atoms with Crippen LogP contribution in [-0.2, 0) is 40.4 Å². The summed E-state index contributed by atoms with van der Waals surface area (Å²) in [5.41, 5.74) is 0. The summed E-state index contributed by atoms with van der Waals surface area (Å²) in [4.78, 5) is 0. The SMILES string of the molecule is O=S(O)OC(CC(O)COS(=O)(=O)O)[C@@H](CO)NS(=O)(=O)O. The Kier molecular flexibility index (Phi) is 9.02. The van der Waals surface area contributed by atoms with E-state index in [9.17, 15) is 26.2 Å². The van der Waals surface area contributed by atoms with Gasteiger partial charge in [0, 0.05) is 6.42 Å². The lowest BCUT2D eigenvalue weighted by molar-refractivity contribution is 0.0376. The van der Waals surface area contributed by atoms with Crippen molar-refractivity contribution < 1.29 is 53.3 Å². The summed E-state index contributed by atoms with van der Waals surface area (Å²) in [6.07, 6.45) is -4.01. The molecule has 22 heavy (non-hydrogen) atoms.